The third-order valence-corrected chi connectivity index (χ3v) is 4.94. The Bertz CT molecular complexity index is 763. The Kier molecular flexibility index (Phi) is 6.04. The highest BCUT2D eigenvalue weighted by Gasteiger charge is 2.14. The van der Waals surface area contributed by atoms with E-state index in [9.17, 15) is 0 Å². The summed E-state index contributed by atoms with van der Waals surface area (Å²) in [6, 6.07) is 6.20. The molecule has 0 unspecified atom stereocenters. The maximum Gasteiger partial charge on any atom is 0.194 e. The zero-order valence-corrected chi connectivity index (χ0v) is 16.5. The summed E-state index contributed by atoms with van der Waals surface area (Å²) in [5.41, 5.74) is 2.35. The number of halogens is 1. The van der Waals surface area contributed by atoms with Crippen molar-refractivity contribution in [2.24, 2.45) is 12.0 Å². The second-order valence-corrected chi connectivity index (χ2v) is 7.17. The summed E-state index contributed by atoms with van der Waals surface area (Å²) in [4.78, 5) is 13.4. The zero-order chi connectivity index (χ0) is 18.5. The van der Waals surface area contributed by atoms with Crippen molar-refractivity contribution in [3.8, 4) is 0 Å². The van der Waals surface area contributed by atoms with Gasteiger partial charge in [0.05, 0.1) is 11.6 Å². The van der Waals surface area contributed by atoms with Crippen LogP contribution >= 0.6 is 11.6 Å². The van der Waals surface area contributed by atoms with Crippen LogP contribution in [0.25, 0.3) is 0 Å². The minimum Gasteiger partial charge on any atom is -0.357 e. The van der Waals surface area contributed by atoms with Gasteiger partial charge in [0.15, 0.2) is 5.96 Å². The van der Waals surface area contributed by atoms with Crippen LogP contribution in [0.3, 0.4) is 0 Å². The number of nitrogens with one attached hydrogen (secondary N) is 1. The van der Waals surface area contributed by atoms with Crippen LogP contribution in [-0.4, -0.2) is 47.6 Å². The molecule has 3 heterocycles. The largest absolute Gasteiger partial charge is 0.357 e. The topological polar surface area (TPSA) is 48.7 Å². The predicted molar refractivity (Wildman–Crippen MR) is 108 cm³/mol. The van der Waals surface area contributed by atoms with Gasteiger partial charge in [-0.05, 0) is 36.6 Å². The van der Waals surface area contributed by atoms with Crippen molar-refractivity contribution in [2.45, 2.75) is 25.9 Å². The van der Waals surface area contributed by atoms with Crippen molar-refractivity contribution in [3.63, 3.8) is 0 Å². The van der Waals surface area contributed by atoms with E-state index in [1.54, 1.807) is 7.05 Å². The zero-order valence-electron chi connectivity index (χ0n) is 15.7. The first-order valence-electron chi connectivity index (χ1n) is 8.99. The molecule has 0 atom stereocenters. The minimum absolute atomic E-state index is 0.717. The Labute approximate surface area is 160 Å². The number of hydrogen-bond acceptors (Lipinski definition) is 3. The number of aromatic nitrogens is 2. The standard InChI is InChI=1S/C19H27ClN6/c1-21-19(25(3)14-17-11-16(20)13-24(17)2)23-12-15-6-7-22-18(10-15)26-8-4-5-9-26/h6-7,10-11,13H,4-5,8-9,12,14H2,1-3H3,(H,21,23). The van der Waals surface area contributed by atoms with Gasteiger partial charge in [-0.1, -0.05) is 11.6 Å². The number of anilines is 1. The third-order valence-electron chi connectivity index (χ3n) is 4.74. The fourth-order valence-corrected chi connectivity index (χ4v) is 3.57. The number of pyridine rings is 1. The van der Waals surface area contributed by atoms with Gasteiger partial charge in [-0.3, -0.25) is 4.99 Å². The summed E-state index contributed by atoms with van der Waals surface area (Å²) in [6.07, 6.45) is 6.32. The van der Waals surface area contributed by atoms with Crippen LogP contribution in [0.4, 0.5) is 5.82 Å². The van der Waals surface area contributed by atoms with Gasteiger partial charge in [0.25, 0.3) is 0 Å². The second kappa shape index (κ2) is 8.45. The van der Waals surface area contributed by atoms with Crippen molar-refractivity contribution in [2.75, 3.05) is 32.1 Å². The van der Waals surface area contributed by atoms with E-state index >= 15 is 0 Å². The molecule has 6 nitrogen and oxygen atoms in total. The molecule has 7 heteroatoms. The summed E-state index contributed by atoms with van der Waals surface area (Å²) < 4.78 is 2.04. The molecule has 140 valence electrons. The Morgan fingerprint density at radius 3 is 2.77 bits per heavy atom. The smallest absolute Gasteiger partial charge is 0.194 e. The predicted octanol–water partition coefficient (Wildman–Crippen LogP) is 2.88. The van der Waals surface area contributed by atoms with E-state index in [1.807, 2.05) is 37.1 Å². The normalized spacial score (nSPS) is 14.8. The van der Waals surface area contributed by atoms with Gasteiger partial charge in [0, 0.05) is 58.9 Å². The highest BCUT2D eigenvalue weighted by Crippen LogP contribution is 2.18. The molecule has 26 heavy (non-hydrogen) atoms. The molecular formula is C19H27ClN6. The minimum atomic E-state index is 0.717. The quantitative estimate of drug-likeness (QED) is 0.645. The molecule has 1 saturated heterocycles. The lowest BCUT2D eigenvalue weighted by atomic mass is 10.2. The molecule has 1 fully saturated rings. The number of nitrogens with zero attached hydrogens (tertiary/aromatic N) is 5. The molecule has 0 spiro atoms. The van der Waals surface area contributed by atoms with Crippen LogP contribution in [0, 0.1) is 0 Å². The van der Waals surface area contributed by atoms with Gasteiger partial charge in [-0.25, -0.2) is 4.98 Å². The van der Waals surface area contributed by atoms with Gasteiger partial charge in [-0.2, -0.15) is 0 Å². The Hall–Kier alpha value is -2.21. The van der Waals surface area contributed by atoms with Crippen LogP contribution in [-0.2, 0) is 20.1 Å². The molecule has 1 aliphatic rings. The van der Waals surface area contributed by atoms with Crippen molar-refractivity contribution in [3.05, 3.63) is 46.9 Å². The Morgan fingerprint density at radius 2 is 2.12 bits per heavy atom. The van der Waals surface area contributed by atoms with E-state index in [0.717, 1.165) is 42.1 Å². The van der Waals surface area contributed by atoms with Crippen LogP contribution in [0.5, 0.6) is 0 Å². The average Bonchev–Trinajstić information content (AvgIpc) is 3.26. The van der Waals surface area contributed by atoms with E-state index < -0.39 is 0 Å². The molecular weight excluding hydrogens is 348 g/mol. The van der Waals surface area contributed by atoms with Crippen LogP contribution < -0.4 is 10.2 Å². The van der Waals surface area contributed by atoms with E-state index in [4.69, 9.17) is 11.6 Å². The summed E-state index contributed by atoms with van der Waals surface area (Å²) in [5, 5.41) is 4.19. The third kappa shape index (κ3) is 4.49. The van der Waals surface area contributed by atoms with Gasteiger partial charge >= 0.3 is 0 Å². The van der Waals surface area contributed by atoms with Crippen molar-refractivity contribution >= 4 is 23.4 Å². The van der Waals surface area contributed by atoms with Crippen LogP contribution in [0.2, 0.25) is 5.02 Å². The molecule has 2 aromatic heterocycles. The number of hydrogen-bond donors (Lipinski definition) is 1. The van der Waals surface area contributed by atoms with Crippen molar-refractivity contribution in [1.82, 2.24) is 19.8 Å². The molecule has 0 aliphatic carbocycles. The molecule has 0 amide bonds. The van der Waals surface area contributed by atoms with E-state index in [2.05, 4.69) is 37.2 Å². The van der Waals surface area contributed by atoms with E-state index in [0.29, 0.717) is 6.54 Å². The Morgan fingerprint density at radius 1 is 1.35 bits per heavy atom. The first-order chi connectivity index (χ1) is 12.6. The molecule has 3 rings (SSSR count). The fourth-order valence-electron chi connectivity index (χ4n) is 3.30. The maximum absolute atomic E-state index is 6.08. The summed E-state index contributed by atoms with van der Waals surface area (Å²) in [5.74, 6) is 1.92. The SMILES string of the molecule is CN=C(NCc1ccnc(N2CCCC2)c1)N(C)Cc1cc(Cl)cn1C. The first kappa shape index (κ1) is 18.6. The molecule has 1 aliphatic heterocycles. The second-order valence-electron chi connectivity index (χ2n) is 6.73. The van der Waals surface area contributed by atoms with E-state index in [1.165, 1.54) is 18.4 Å². The van der Waals surface area contributed by atoms with Crippen LogP contribution in [0.1, 0.15) is 24.1 Å². The lowest BCUT2D eigenvalue weighted by Crippen LogP contribution is -2.38. The molecule has 0 radical (unpaired) electrons. The highest BCUT2D eigenvalue weighted by atomic mass is 35.5. The monoisotopic (exact) mass is 374 g/mol. The van der Waals surface area contributed by atoms with E-state index in [-0.39, 0.29) is 0 Å². The number of aliphatic imine (C=N–C) groups is 1. The number of guanidine groups is 1. The number of rotatable bonds is 5. The molecule has 0 saturated carbocycles. The van der Waals surface area contributed by atoms with Crippen molar-refractivity contribution in [1.29, 1.82) is 0 Å². The summed E-state index contributed by atoms with van der Waals surface area (Å²) >= 11 is 6.08. The Balaban J connectivity index is 1.60. The molecule has 0 aromatic carbocycles. The number of aryl methyl sites for hydroxylation is 1. The van der Waals surface area contributed by atoms with Crippen molar-refractivity contribution < 1.29 is 0 Å². The lowest BCUT2D eigenvalue weighted by Gasteiger charge is -2.23. The highest BCUT2D eigenvalue weighted by molar-refractivity contribution is 6.30. The maximum atomic E-state index is 6.08. The van der Waals surface area contributed by atoms with Gasteiger partial charge in [0.2, 0.25) is 0 Å². The molecule has 0 bridgehead atoms. The van der Waals surface area contributed by atoms with Crippen LogP contribution in [0.15, 0.2) is 35.6 Å². The van der Waals surface area contributed by atoms with Gasteiger partial charge in [0.1, 0.15) is 5.82 Å². The summed E-state index contributed by atoms with van der Waals surface area (Å²) in [7, 11) is 5.83. The van der Waals surface area contributed by atoms with Gasteiger partial charge in [-0.15, -0.1) is 0 Å². The average molecular weight is 375 g/mol. The molecule has 2 aromatic rings. The molecule has 1 N–H and O–H groups in total. The lowest BCUT2D eigenvalue weighted by molar-refractivity contribution is 0.461. The van der Waals surface area contributed by atoms with Gasteiger partial charge < -0.3 is 19.7 Å². The summed E-state index contributed by atoms with van der Waals surface area (Å²) in [6.45, 7) is 3.66. The fraction of sp³-hybridized carbons (Fsp3) is 0.474. The first-order valence-corrected chi connectivity index (χ1v) is 9.37.